The molecule has 0 N–H and O–H groups in total. The standard InChI is InChI=1S/2C19H17OP.Cu.HNO2/c2*1-20-18-14-8-9-15-19(18)21(16-10-4-2-5-11-16)17-12-6-3-7-13-17;;2-1-3/h2*2-15H,1H3;;(H,2,3)/q;;+1;/p+1. The summed E-state index contributed by atoms with van der Waals surface area (Å²) in [5, 5.41) is 17.1. The van der Waals surface area contributed by atoms with Gasteiger partial charge in [-0.1, -0.05) is 97.1 Å². The Balaban J connectivity index is 0.000000226. The van der Waals surface area contributed by atoms with E-state index in [2.05, 4.69) is 146 Å². The summed E-state index contributed by atoms with van der Waals surface area (Å²) in [6.07, 6.45) is 0. The van der Waals surface area contributed by atoms with E-state index in [-0.39, 0.29) is 17.1 Å². The summed E-state index contributed by atoms with van der Waals surface area (Å²) >= 11 is 0. The SMILES string of the molecule is COc1ccccc1[PH+](c1ccccc1)c1ccccc1.COc1ccccc1[PH+](c1ccccc1)c1ccccc1.O=N[O-].[Cu+]. The molecule has 0 saturated heterocycles. The van der Waals surface area contributed by atoms with Crippen LogP contribution in [0.2, 0.25) is 0 Å². The molecule has 0 aliphatic rings. The zero-order valence-electron chi connectivity index (χ0n) is 25.5. The number of nitrogens with zero attached hydrogens (tertiary/aromatic N) is 1. The first-order valence-electron chi connectivity index (χ1n) is 14.4. The Morgan fingerprint density at radius 1 is 0.435 bits per heavy atom. The van der Waals surface area contributed by atoms with E-state index in [0.717, 1.165) is 16.8 Å². The molecule has 0 aliphatic carbocycles. The molecule has 5 nitrogen and oxygen atoms in total. The number of ether oxygens (including phenoxy) is 2. The van der Waals surface area contributed by atoms with Gasteiger partial charge in [0.1, 0.15) is 47.7 Å². The van der Waals surface area contributed by atoms with Gasteiger partial charge < -0.3 is 19.6 Å². The van der Waals surface area contributed by atoms with Gasteiger partial charge in [-0.3, -0.25) is 0 Å². The molecule has 6 aromatic carbocycles. The first-order chi connectivity index (χ1) is 22.2. The van der Waals surface area contributed by atoms with Gasteiger partial charge >= 0.3 is 17.1 Å². The van der Waals surface area contributed by atoms with E-state index in [1.165, 1.54) is 31.8 Å². The summed E-state index contributed by atoms with van der Waals surface area (Å²) in [5.74, 6) is 1.94. The average Bonchev–Trinajstić information content (AvgIpc) is 3.11. The van der Waals surface area contributed by atoms with Crippen LogP contribution in [0, 0.1) is 10.1 Å². The Kier molecular flexibility index (Phi) is 15.7. The number of para-hydroxylation sites is 2. The van der Waals surface area contributed by atoms with Gasteiger partial charge in [0.05, 0.1) is 14.2 Å². The van der Waals surface area contributed by atoms with Crippen LogP contribution in [0.25, 0.3) is 0 Å². The number of hydrogen-bond acceptors (Lipinski definition) is 5. The van der Waals surface area contributed by atoms with Crippen molar-refractivity contribution in [2.24, 2.45) is 5.34 Å². The van der Waals surface area contributed by atoms with Crippen molar-refractivity contribution in [2.75, 3.05) is 14.2 Å². The van der Waals surface area contributed by atoms with Crippen LogP contribution in [-0.4, -0.2) is 14.2 Å². The maximum absolute atomic E-state index is 8.00. The molecular formula is C38H36CuNO4P2+2. The van der Waals surface area contributed by atoms with Crippen LogP contribution in [0.5, 0.6) is 11.5 Å². The molecule has 6 rings (SSSR count). The predicted octanol–water partition coefficient (Wildman–Crippen LogP) is 6.62. The Bertz CT molecular complexity index is 1510. The van der Waals surface area contributed by atoms with Crippen LogP contribution >= 0.6 is 15.8 Å². The van der Waals surface area contributed by atoms with Gasteiger partial charge in [-0.25, -0.2) is 0 Å². The minimum absolute atomic E-state index is 0. The third kappa shape index (κ3) is 9.85. The largest absolute Gasteiger partial charge is 1.00 e. The molecule has 0 atom stereocenters. The van der Waals surface area contributed by atoms with Gasteiger partial charge in [-0.05, 0) is 72.8 Å². The summed E-state index contributed by atoms with van der Waals surface area (Å²) in [6, 6.07) is 59.6. The molecule has 46 heavy (non-hydrogen) atoms. The van der Waals surface area contributed by atoms with Crippen LogP contribution < -0.4 is 41.3 Å². The normalized spacial score (nSPS) is 9.91. The van der Waals surface area contributed by atoms with E-state index in [9.17, 15) is 0 Å². The third-order valence-electron chi connectivity index (χ3n) is 7.00. The maximum Gasteiger partial charge on any atom is 1.00 e. The zero-order chi connectivity index (χ0) is 31.7. The molecule has 0 aliphatic heterocycles. The summed E-state index contributed by atoms with van der Waals surface area (Å²) in [6.45, 7) is 0. The fraction of sp³-hybridized carbons (Fsp3) is 0.0526. The minimum Gasteiger partial charge on any atom is -0.493 e. The molecule has 0 spiro atoms. The fourth-order valence-electron chi connectivity index (χ4n) is 5.08. The monoisotopic (exact) mass is 695 g/mol. The quantitative estimate of drug-likeness (QED) is 0.0777. The van der Waals surface area contributed by atoms with Crippen LogP contribution in [0.15, 0.2) is 175 Å². The van der Waals surface area contributed by atoms with Crippen molar-refractivity contribution >= 4 is 47.7 Å². The van der Waals surface area contributed by atoms with E-state index < -0.39 is 15.8 Å². The first kappa shape index (κ1) is 36.2. The Morgan fingerprint density at radius 2 is 0.652 bits per heavy atom. The number of benzene rings is 6. The van der Waals surface area contributed by atoms with Crippen LogP contribution in [0.1, 0.15) is 0 Å². The minimum atomic E-state index is -1.04. The summed E-state index contributed by atoms with van der Waals surface area (Å²) < 4.78 is 11.2. The fourth-order valence-corrected chi connectivity index (χ4v) is 10.5. The molecule has 6 aromatic rings. The number of rotatable bonds is 8. The van der Waals surface area contributed by atoms with Gasteiger partial charge in [-0.15, -0.1) is 5.34 Å². The van der Waals surface area contributed by atoms with Gasteiger partial charge in [0.25, 0.3) is 0 Å². The second kappa shape index (κ2) is 20.0. The zero-order valence-corrected chi connectivity index (χ0v) is 28.5. The van der Waals surface area contributed by atoms with Gasteiger partial charge in [-0.2, -0.15) is 0 Å². The van der Waals surface area contributed by atoms with Crippen molar-refractivity contribution < 1.29 is 26.5 Å². The first-order valence-corrected chi connectivity index (χ1v) is 17.4. The van der Waals surface area contributed by atoms with E-state index in [0.29, 0.717) is 0 Å². The van der Waals surface area contributed by atoms with E-state index in [4.69, 9.17) is 19.6 Å². The van der Waals surface area contributed by atoms with Crippen LogP contribution in [0.3, 0.4) is 0 Å². The molecule has 0 bridgehead atoms. The van der Waals surface area contributed by atoms with Crippen LogP contribution in [0.4, 0.5) is 0 Å². The van der Waals surface area contributed by atoms with Crippen molar-refractivity contribution in [1.29, 1.82) is 0 Å². The molecule has 0 unspecified atom stereocenters. The van der Waals surface area contributed by atoms with Gasteiger partial charge in [0.15, 0.2) is 11.5 Å². The average molecular weight is 696 g/mol. The smallest absolute Gasteiger partial charge is 0.493 e. The molecular weight excluding hydrogens is 660 g/mol. The molecule has 0 aromatic heterocycles. The van der Waals surface area contributed by atoms with E-state index in [1.54, 1.807) is 14.2 Å². The number of hydrogen-bond donors (Lipinski definition) is 0. The molecule has 0 saturated carbocycles. The predicted molar refractivity (Wildman–Crippen MR) is 195 cm³/mol. The van der Waals surface area contributed by atoms with Crippen molar-refractivity contribution in [2.45, 2.75) is 0 Å². The molecule has 8 heteroatoms. The summed E-state index contributed by atoms with van der Waals surface area (Å²) in [4.78, 5) is 8.00. The molecule has 236 valence electrons. The van der Waals surface area contributed by atoms with Crippen molar-refractivity contribution in [3.8, 4) is 11.5 Å². The van der Waals surface area contributed by atoms with Gasteiger partial charge in [0, 0.05) is 0 Å². The molecule has 0 radical (unpaired) electrons. The number of methoxy groups -OCH3 is 2. The van der Waals surface area contributed by atoms with Crippen molar-refractivity contribution in [3.05, 3.63) is 180 Å². The molecule has 0 amide bonds. The van der Waals surface area contributed by atoms with Crippen molar-refractivity contribution in [3.63, 3.8) is 0 Å². The molecule has 0 heterocycles. The van der Waals surface area contributed by atoms with Crippen LogP contribution in [-0.2, 0) is 17.1 Å². The Hall–Kier alpha value is -4.30. The van der Waals surface area contributed by atoms with E-state index >= 15 is 0 Å². The maximum atomic E-state index is 8.00. The second-order valence-corrected chi connectivity index (χ2v) is 14.6. The topological polar surface area (TPSA) is 71.0 Å². The third-order valence-corrected chi connectivity index (χ3v) is 12.5. The van der Waals surface area contributed by atoms with E-state index in [1.807, 2.05) is 24.3 Å². The summed E-state index contributed by atoms with van der Waals surface area (Å²) in [5.41, 5.74) is 0. The second-order valence-electron chi connectivity index (χ2n) is 9.69. The molecule has 0 fully saturated rings. The Labute approximate surface area is 284 Å². The van der Waals surface area contributed by atoms with Gasteiger partial charge in [0.2, 0.25) is 0 Å². The summed E-state index contributed by atoms with van der Waals surface area (Å²) in [7, 11) is 1.40. The van der Waals surface area contributed by atoms with Crippen molar-refractivity contribution in [1.82, 2.24) is 0 Å². The Morgan fingerprint density at radius 3 is 0.891 bits per heavy atom.